The van der Waals surface area contributed by atoms with E-state index in [0.717, 1.165) is 12.2 Å². The molecule has 1 fully saturated rings. The summed E-state index contributed by atoms with van der Waals surface area (Å²) in [6, 6.07) is 19.2. The molecule has 0 spiro atoms. The minimum absolute atomic E-state index is 0.135. The average Bonchev–Trinajstić information content (AvgIpc) is 3.65. The predicted octanol–water partition coefficient (Wildman–Crippen LogP) is 4.93. The summed E-state index contributed by atoms with van der Waals surface area (Å²) >= 11 is 0. The van der Waals surface area contributed by atoms with E-state index in [2.05, 4.69) is 58.8 Å². The van der Waals surface area contributed by atoms with Crippen LogP contribution in [0.25, 0.3) is 0 Å². The number of hydrogen-bond donors (Lipinski definition) is 1. The van der Waals surface area contributed by atoms with E-state index in [1.54, 1.807) is 18.5 Å². The monoisotopic (exact) mass is 414 g/mol. The van der Waals surface area contributed by atoms with E-state index in [0.29, 0.717) is 30.3 Å². The molecule has 2 heterocycles. The molecule has 5 heteroatoms. The molecule has 0 unspecified atom stereocenters. The Hall–Kier alpha value is -3.34. The van der Waals surface area contributed by atoms with Gasteiger partial charge in [-0.05, 0) is 48.1 Å². The predicted molar refractivity (Wildman–Crippen MR) is 120 cm³/mol. The minimum Gasteiger partial charge on any atom is -0.493 e. The number of anilines is 1. The van der Waals surface area contributed by atoms with Gasteiger partial charge in [-0.3, -0.25) is 4.98 Å². The Labute approximate surface area is 182 Å². The van der Waals surface area contributed by atoms with Gasteiger partial charge in [0, 0.05) is 24.1 Å². The fraction of sp³-hybridized carbons (Fsp3) is 0.308. The molecule has 31 heavy (non-hydrogen) atoms. The van der Waals surface area contributed by atoms with Gasteiger partial charge in [-0.1, -0.05) is 42.5 Å². The van der Waals surface area contributed by atoms with Gasteiger partial charge in [0.1, 0.15) is 5.75 Å². The summed E-state index contributed by atoms with van der Waals surface area (Å²) in [6.07, 6.45) is 6.56. The van der Waals surface area contributed by atoms with Crippen LogP contribution in [0.2, 0.25) is 0 Å². The first-order valence-electron chi connectivity index (χ1n) is 10.8. The van der Waals surface area contributed by atoms with Crippen LogP contribution in [0.3, 0.4) is 0 Å². The lowest BCUT2D eigenvalue weighted by Crippen LogP contribution is -2.22. The van der Waals surface area contributed by atoms with Crippen molar-refractivity contribution in [1.82, 2.24) is 4.98 Å². The Bertz CT molecular complexity index is 1090. The molecule has 1 saturated carbocycles. The van der Waals surface area contributed by atoms with Gasteiger partial charge in [-0.15, -0.1) is 0 Å². The fourth-order valence-electron chi connectivity index (χ4n) is 4.66. The van der Waals surface area contributed by atoms with Crippen LogP contribution < -0.4 is 10.1 Å². The lowest BCUT2D eigenvalue weighted by molar-refractivity contribution is 0.0601. The number of carbonyl (C=O) groups excluding carboxylic acids is 1. The Morgan fingerprint density at radius 2 is 2.00 bits per heavy atom. The second kappa shape index (κ2) is 8.06. The first-order valence-corrected chi connectivity index (χ1v) is 10.8. The maximum atomic E-state index is 12.0. The average molecular weight is 415 g/mol. The highest BCUT2D eigenvalue weighted by molar-refractivity contribution is 5.95. The maximum Gasteiger partial charge on any atom is 0.340 e. The van der Waals surface area contributed by atoms with E-state index in [1.807, 2.05) is 0 Å². The van der Waals surface area contributed by atoms with Gasteiger partial charge in [0.15, 0.2) is 0 Å². The van der Waals surface area contributed by atoms with Crippen molar-refractivity contribution in [2.75, 3.05) is 25.6 Å². The largest absolute Gasteiger partial charge is 0.493 e. The van der Waals surface area contributed by atoms with E-state index >= 15 is 0 Å². The first-order chi connectivity index (χ1) is 15.2. The second-order valence-electron chi connectivity index (χ2n) is 8.33. The molecular weight excluding hydrogens is 388 g/mol. The van der Waals surface area contributed by atoms with Crippen molar-refractivity contribution in [3.63, 3.8) is 0 Å². The molecule has 5 nitrogen and oxygen atoms in total. The van der Waals surface area contributed by atoms with Crippen LogP contribution >= 0.6 is 0 Å². The molecular formula is C26H26N2O3. The van der Waals surface area contributed by atoms with Crippen molar-refractivity contribution in [2.24, 2.45) is 0 Å². The number of ether oxygens (including phenoxy) is 2. The van der Waals surface area contributed by atoms with Crippen molar-refractivity contribution in [3.05, 3.63) is 89.2 Å². The molecule has 0 bridgehead atoms. The van der Waals surface area contributed by atoms with Gasteiger partial charge in [0.25, 0.3) is 0 Å². The van der Waals surface area contributed by atoms with Crippen molar-refractivity contribution in [3.8, 4) is 5.75 Å². The lowest BCUT2D eigenvalue weighted by Gasteiger charge is -2.28. The number of esters is 1. The van der Waals surface area contributed by atoms with Crippen LogP contribution in [0.4, 0.5) is 5.69 Å². The number of rotatable bonds is 6. The van der Waals surface area contributed by atoms with Crippen LogP contribution in [-0.4, -0.2) is 31.2 Å². The standard InChI is InChI=1S/C26H26N2O3/c1-30-25(29)22-9-13-27-17-23(22)28-16-18-10-14-31-24-15-20(7-8-21(18)24)26(11-12-26)19-5-3-2-4-6-19/h2-9,13,15,17-18,28H,10-12,14,16H2,1H3/t18-/m0/s1. The Morgan fingerprint density at radius 3 is 2.77 bits per heavy atom. The number of methoxy groups -OCH3 is 1. The molecule has 1 N–H and O–H groups in total. The van der Waals surface area contributed by atoms with Gasteiger partial charge >= 0.3 is 5.97 Å². The third-order valence-corrected chi connectivity index (χ3v) is 6.57. The van der Waals surface area contributed by atoms with Crippen molar-refractivity contribution < 1.29 is 14.3 Å². The molecule has 1 aliphatic heterocycles. The summed E-state index contributed by atoms with van der Waals surface area (Å²) in [7, 11) is 1.39. The van der Waals surface area contributed by atoms with E-state index in [9.17, 15) is 4.79 Å². The van der Waals surface area contributed by atoms with E-state index in [1.165, 1.54) is 36.6 Å². The highest BCUT2D eigenvalue weighted by atomic mass is 16.5. The van der Waals surface area contributed by atoms with Crippen molar-refractivity contribution in [1.29, 1.82) is 0 Å². The topological polar surface area (TPSA) is 60.5 Å². The summed E-state index contributed by atoms with van der Waals surface area (Å²) in [5.74, 6) is 0.921. The number of nitrogens with zero attached hydrogens (tertiary/aromatic N) is 1. The minimum atomic E-state index is -0.363. The van der Waals surface area contributed by atoms with Crippen LogP contribution in [-0.2, 0) is 10.2 Å². The SMILES string of the molecule is COC(=O)c1ccncc1NC[C@@H]1CCOc2cc(C3(c4ccccc4)CC3)ccc21. The molecule has 1 aromatic heterocycles. The summed E-state index contributed by atoms with van der Waals surface area (Å²) in [6.45, 7) is 1.40. The first kappa shape index (κ1) is 19.6. The number of benzene rings is 2. The smallest absolute Gasteiger partial charge is 0.340 e. The quantitative estimate of drug-likeness (QED) is 0.580. The highest BCUT2D eigenvalue weighted by Gasteiger charge is 2.46. The number of pyridine rings is 1. The third kappa shape index (κ3) is 3.65. The fourth-order valence-corrected chi connectivity index (χ4v) is 4.66. The molecule has 0 radical (unpaired) electrons. The van der Waals surface area contributed by atoms with Crippen LogP contribution in [0, 0.1) is 0 Å². The second-order valence-corrected chi connectivity index (χ2v) is 8.33. The van der Waals surface area contributed by atoms with Gasteiger partial charge in [0.05, 0.1) is 31.2 Å². The van der Waals surface area contributed by atoms with E-state index in [-0.39, 0.29) is 11.4 Å². The Balaban J connectivity index is 1.37. The van der Waals surface area contributed by atoms with Gasteiger partial charge < -0.3 is 14.8 Å². The lowest BCUT2D eigenvalue weighted by atomic mass is 9.85. The van der Waals surface area contributed by atoms with Crippen molar-refractivity contribution in [2.45, 2.75) is 30.6 Å². The van der Waals surface area contributed by atoms with Crippen LogP contribution in [0.5, 0.6) is 5.75 Å². The van der Waals surface area contributed by atoms with Crippen LogP contribution in [0.1, 0.15) is 52.2 Å². The summed E-state index contributed by atoms with van der Waals surface area (Å²) in [5.41, 5.74) is 5.27. The zero-order chi connectivity index (χ0) is 21.3. The number of hydrogen-bond acceptors (Lipinski definition) is 5. The van der Waals surface area contributed by atoms with Gasteiger partial charge in [0.2, 0.25) is 0 Å². The number of nitrogens with one attached hydrogen (secondary N) is 1. The molecule has 158 valence electrons. The number of fused-ring (bicyclic) bond motifs is 1. The third-order valence-electron chi connectivity index (χ3n) is 6.57. The molecule has 1 aliphatic carbocycles. The summed E-state index contributed by atoms with van der Waals surface area (Å²) in [5, 5.41) is 3.40. The normalized spacial score (nSPS) is 18.4. The molecule has 0 amide bonds. The van der Waals surface area contributed by atoms with Crippen LogP contribution in [0.15, 0.2) is 67.0 Å². The molecule has 3 aromatic rings. The van der Waals surface area contributed by atoms with Gasteiger partial charge in [-0.25, -0.2) is 4.79 Å². The Kier molecular flexibility index (Phi) is 5.10. The number of aromatic nitrogens is 1. The zero-order valence-corrected chi connectivity index (χ0v) is 17.6. The van der Waals surface area contributed by atoms with Gasteiger partial charge in [-0.2, -0.15) is 0 Å². The summed E-state index contributed by atoms with van der Waals surface area (Å²) in [4.78, 5) is 16.2. The highest BCUT2D eigenvalue weighted by Crippen LogP contribution is 2.54. The molecule has 2 aromatic carbocycles. The number of carbonyl (C=O) groups is 1. The van der Waals surface area contributed by atoms with Crippen molar-refractivity contribution >= 4 is 11.7 Å². The molecule has 1 atom stereocenters. The van der Waals surface area contributed by atoms with E-state index < -0.39 is 0 Å². The Morgan fingerprint density at radius 1 is 1.16 bits per heavy atom. The summed E-state index contributed by atoms with van der Waals surface area (Å²) < 4.78 is 11.0. The molecule has 0 saturated heterocycles. The molecule has 2 aliphatic rings. The zero-order valence-electron chi connectivity index (χ0n) is 17.6. The maximum absolute atomic E-state index is 12.0. The molecule has 5 rings (SSSR count). The van der Waals surface area contributed by atoms with E-state index in [4.69, 9.17) is 9.47 Å².